The summed E-state index contributed by atoms with van der Waals surface area (Å²) < 4.78 is 5.87. The van der Waals surface area contributed by atoms with Crippen molar-refractivity contribution in [3.8, 4) is 11.5 Å². The third-order valence-corrected chi connectivity index (χ3v) is 4.73. The molecule has 0 bridgehead atoms. The minimum Gasteiger partial charge on any atom is -0.481 e. The first kappa shape index (κ1) is 25.3. The molecule has 1 unspecified atom stereocenters. The second-order valence-electron chi connectivity index (χ2n) is 8.29. The third kappa shape index (κ3) is 8.67. The van der Waals surface area contributed by atoms with E-state index in [1.165, 1.54) is 5.56 Å². The average molecular weight is 441 g/mol. The van der Waals surface area contributed by atoms with Crippen molar-refractivity contribution in [2.24, 2.45) is 5.92 Å². The van der Waals surface area contributed by atoms with E-state index in [1.54, 1.807) is 0 Å². The van der Waals surface area contributed by atoms with Gasteiger partial charge in [-0.2, -0.15) is 0 Å². The Morgan fingerprint density at radius 1 is 1.16 bits per heavy atom. The molecule has 3 N–H and O–H groups in total. The first-order chi connectivity index (χ1) is 15.4. The van der Waals surface area contributed by atoms with Crippen LogP contribution in [0, 0.1) is 5.92 Å². The van der Waals surface area contributed by atoms with E-state index < -0.39 is 5.97 Å². The van der Waals surface area contributed by atoms with Crippen molar-refractivity contribution in [1.82, 2.24) is 20.8 Å². The molecule has 2 heterocycles. The van der Waals surface area contributed by atoms with Crippen molar-refractivity contribution in [2.75, 3.05) is 13.1 Å². The Morgan fingerprint density at radius 2 is 1.88 bits per heavy atom. The van der Waals surface area contributed by atoms with Crippen LogP contribution in [-0.4, -0.2) is 40.4 Å². The van der Waals surface area contributed by atoms with Crippen molar-refractivity contribution in [3.05, 3.63) is 54.1 Å². The zero-order valence-corrected chi connectivity index (χ0v) is 19.6. The summed E-state index contributed by atoms with van der Waals surface area (Å²) in [5, 5.41) is 23.1. The molecule has 0 amide bonds. The number of nitrogens with one attached hydrogen (secondary N) is 2. The van der Waals surface area contributed by atoms with Crippen LogP contribution in [0.5, 0.6) is 0 Å². The van der Waals surface area contributed by atoms with Gasteiger partial charge in [0.15, 0.2) is 0 Å². The van der Waals surface area contributed by atoms with Gasteiger partial charge in [0, 0.05) is 24.7 Å². The summed E-state index contributed by atoms with van der Waals surface area (Å²) in [4.78, 5) is 9.60. The number of dihydropyridines is 1. The molecule has 0 saturated heterocycles. The van der Waals surface area contributed by atoms with E-state index in [0.717, 1.165) is 43.5 Å². The quantitative estimate of drug-likeness (QED) is 0.461. The molecule has 174 valence electrons. The number of carboxylic acid groups (broad SMARTS) is 1. The second-order valence-corrected chi connectivity index (χ2v) is 8.29. The molecule has 7 heteroatoms. The summed E-state index contributed by atoms with van der Waals surface area (Å²) in [6.07, 6.45) is 9.35. The molecule has 1 atom stereocenters. The Hall–Kier alpha value is -2.93. The molecule has 2 aromatic rings. The molecular weight excluding hydrogens is 404 g/mol. The molecular formula is C25H36N4O3. The molecule has 3 rings (SSSR count). The minimum atomic E-state index is -0.711. The van der Waals surface area contributed by atoms with Crippen LogP contribution in [-0.2, 0) is 11.2 Å². The number of nitrogens with zero attached hydrogens (tertiary/aromatic N) is 2. The largest absolute Gasteiger partial charge is 0.481 e. The predicted molar refractivity (Wildman–Crippen MR) is 128 cm³/mol. The van der Waals surface area contributed by atoms with Crippen LogP contribution in [0.15, 0.2) is 47.0 Å². The summed E-state index contributed by atoms with van der Waals surface area (Å²) in [5.74, 6) is 1.03. The Bertz CT molecular complexity index is 885. The molecule has 1 aliphatic heterocycles. The van der Waals surface area contributed by atoms with Crippen LogP contribution in [0.1, 0.15) is 58.4 Å². The average Bonchev–Trinajstić information content (AvgIpc) is 3.25. The summed E-state index contributed by atoms with van der Waals surface area (Å²) >= 11 is 0. The van der Waals surface area contributed by atoms with Gasteiger partial charge in [0.1, 0.15) is 0 Å². The monoisotopic (exact) mass is 440 g/mol. The highest BCUT2D eigenvalue weighted by atomic mass is 16.4. The molecule has 0 fully saturated rings. The fraction of sp³-hybridized carbons (Fsp3) is 0.480. The first-order valence-electron chi connectivity index (χ1n) is 11.4. The zero-order valence-electron chi connectivity index (χ0n) is 19.6. The number of aliphatic carboxylic acids is 1. The lowest BCUT2D eigenvalue weighted by Gasteiger charge is -2.17. The van der Waals surface area contributed by atoms with Gasteiger partial charge in [-0.25, -0.2) is 0 Å². The summed E-state index contributed by atoms with van der Waals surface area (Å²) in [6, 6.07) is 8.66. The van der Waals surface area contributed by atoms with Crippen molar-refractivity contribution >= 4 is 11.5 Å². The number of benzene rings is 1. The Balaban J connectivity index is 0.000000534. The van der Waals surface area contributed by atoms with Gasteiger partial charge in [-0.15, -0.1) is 10.2 Å². The molecule has 1 aromatic heterocycles. The lowest BCUT2D eigenvalue weighted by atomic mass is 10.0. The van der Waals surface area contributed by atoms with E-state index in [9.17, 15) is 4.79 Å². The van der Waals surface area contributed by atoms with Gasteiger partial charge in [-0.1, -0.05) is 45.9 Å². The SMILES string of the molecule is CCCC(=O)O.CCCNCC1C=CC(c2nnc(-c3ccc(CC(C)C)cc3)o2)=CN1. The number of carboxylic acids is 1. The summed E-state index contributed by atoms with van der Waals surface area (Å²) in [6.45, 7) is 10.4. The third-order valence-electron chi connectivity index (χ3n) is 4.73. The Kier molecular flexibility index (Phi) is 10.7. The Labute approximate surface area is 191 Å². The van der Waals surface area contributed by atoms with Gasteiger partial charge in [-0.3, -0.25) is 4.79 Å². The lowest BCUT2D eigenvalue weighted by molar-refractivity contribution is -0.137. The highest BCUT2D eigenvalue weighted by Crippen LogP contribution is 2.23. The fourth-order valence-electron chi connectivity index (χ4n) is 3.14. The standard InChI is InChI=1S/C21H28N4O.C4H8O2/c1-4-11-22-14-19-10-9-18(13-23-19)21-25-24-20(26-21)17-7-5-16(6-8-17)12-15(2)3;1-2-3-4(5)6/h5-10,13,15,19,22-23H,4,11-12,14H2,1-3H3;2-3H2,1H3,(H,5,6). The maximum atomic E-state index is 9.60. The molecule has 1 aliphatic rings. The van der Waals surface area contributed by atoms with Crippen LogP contribution in [0.25, 0.3) is 17.0 Å². The van der Waals surface area contributed by atoms with Crippen molar-refractivity contribution < 1.29 is 14.3 Å². The molecule has 32 heavy (non-hydrogen) atoms. The van der Waals surface area contributed by atoms with Gasteiger partial charge >= 0.3 is 5.97 Å². The van der Waals surface area contributed by atoms with Gasteiger partial charge in [0.25, 0.3) is 0 Å². The van der Waals surface area contributed by atoms with E-state index >= 15 is 0 Å². The number of allylic oxidation sites excluding steroid dienone is 2. The number of aromatic nitrogens is 2. The van der Waals surface area contributed by atoms with E-state index in [0.29, 0.717) is 30.2 Å². The number of hydrogen-bond donors (Lipinski definition) is 3. The molecule has 0 radical (unpaired) electrons. The maximum Gasteiger partial charge on any atom is 0.303 e. The van der Waals surface area contributed by atoms with Crippen LogP contribution in [0.3, 0.4) is 0 Å². The smallest absolute Gasteiger partial charge is 0.303 e. The predicted octanol–water partition coefficient (Wildman–Crippen LogP) is 4.67. The lowest BCUT2D eigenvalue weighted by Crippen LogP contribution is -2.36. The van der Waals surface area contributed by atoms with Crippen molar-refractivity contribution in [3.63, 3.8) is 0 Å². The van der Waals surface area contributed by atoms with Crippen LogP contribution in [0.2, 0.25) is 0 Å². The van der Waals surface area contributed by atoms with Gasteiger partial charge in [0.2, 0.25) is 11.8 Å². The summed E-state index contributed by atoms with van der Waals surface area (Å²) in [7, 11) is 0. The first-order valence-corrected chi connectivity index (χ1v) is 11.4. The zero-order chi connectivity index (χ0) is 23.3. The van der Waals surface area contributed by atoms with E-state index in [2.05, 4.69) is 59.8 Å². The van der Waals surface area contributed by atoms with Crippen molar-refractivity contribution in [1.29, 1.82) is 0 Å². The van der Waals surface area contributed by atoms with Gasteiger partial charge in [0.05, 0.1) is 11.6 Å². The second kappa shape index (κ2) is 13.5. The van der Waals surface area contributed by atoms with Crippen LogP contribution < -0.4 is 10.6 Å². The number of hydrogen-bond acceptors (Lipinski definition) is 6. The molecule has 0 spiro atoms. The fourth-order valence-corrected chi connectivity index (χ4v) is 3.14. The minimum absolute atomic E-state index is 0.292. The Morgan fingerprint density at radius 3 is 2.41 bits per heavy atom. The molecule has 0 saturated carbocycles. The van der Waals surface area contributed by atoms with E-state index in [-0.39, 0.29) is 0 Å². The van der Waals surface area contributed by atoms with E-state index in [4.69, 9.17) is 9.52 Å². The number of carbonyl (C=O) groups is 1. The normalized spacial score (nSPS) is 15.0. The molecule has 1 aromatic carbocycles. The molecule has 7 nitrogen and oxygen atoms in total. The summed E-state index contributed by atoms with van der Waals surface area (Å²) in [5.41, 5.74) is 3.19. The highest BCUT2D eigenvalue weighted by molar-refractivity contribution is 5.70. The topological polar surface area (TPSA) is 100 Å². The van der Waals surface area contributed by atoms with E-state index in [1.807, 2.05) is 31.3 Å². The van der Waals surface area contributed by atoms with Crippen molar-refractivity contribution in [2.45, 2.75) is 59.4 Å². The molecule has 0 aliphatic carbocycles. The van der Waals surface area contributed by atoms with Gasteiger partial charge in [-0.05, 0) is 55.5 Å². The number of rotatable bonds is 10. The highest BCUT2D eigenvalue weighted by Gasteiger charge is 2.15. The maximum absolute atomic E-state index is 9.60. The van der Waals surface area contributed by atoms with Gasteiger partial charge < -0.3 is 20.2 Å². The van der Waals surface area contributed by atoms with Crippen LogP contribution >= 0.6 is 0 Å². The van der Waals surface area contributed by atoms with Crippen LogP contribution in [0.4, 0.5) is 0 Å².